The number of halogens is 1. The molecule has 100 valence electrons. The number of benzene rings is 1. The Hall–Kier alpha value is -1.06. The maximum absolute atomic E-state index is 8.58. The standard InChI is InChI=1S/C13H18ClN.CH3NO/c1-11-4-5-12(13(14)10-11)6-9-15-7-2-3-8-15;2-1-3/h4-5,10H,2-3,6-9H2,1H3;1H,(H2,2,3). The number of hydrogen-bond acceptors (Lipinski definition) is 2. The molecule has 1 aliphatic heterocycles. The van der Waals surface area contributed by atoms with E-state index in [9.17, 15) is 0 Å². The van der Waals surface area contributed by atoms with E-state index in [0.717, 1.165) is 18.0 Å². The van der Waals surface area contributed by atoms with Crippen LogP contribution in [-0.4, -0.2) is 30.9 Å². The highest BCUT2D eigenvalue weighted by molar-refractivity contribution is 6.31. The van der Waals surface area contributed by atoms with Crippen LogP contribution < -0.4 is 5.73 Å². The van der Waals surface area contributed by atoms with Crippen LogP contribution in [0, 0.1) is 6.92 Å². The summed E-state index contributed by atoms with van der Waals surface area (Å²) in [5.74, 6) is 0. The minimum atomic E-state index is 0.250. The molecule has 1 aromatic carbocycles. The van der Waals surface area contributed by atoms with Crippen molar-refractivity contribution >= 4 is 18.0 Å². The molecule has 1 saturated heterocycles. The molecule has 0 radical (unpaired) electrons. The number of likely N-dealkylation sites (tertiary alicyclic amines) is 1. The average molecular weight is 269 g/mol. The van der Waals surface area contributed by atoms with Crippen LogP contribution in [0.5, 0.6) is 0 Å². The molecule has 1 heterocycles. The van der Waals surface area contributed by atoms with Crippen LogP contribution in [0.15, 0.2) is 18.2 Å². The zero-order valence-electron chi connectivity index (χ0n) is 10.9. The molecule has 0 aliphatic carbocycles. The molecular formula is C14H21ClN2O. The quantitative estimate of drug-likeness (QED) is 0.856. The van der Waals surface area contributed by atoms with Crippen molar-refractivity contribution in [1.29, 1.82) is 0 Å². The van der Waals surface area contributed by atoms with E-state index in [1.807, 2.05) is 0 Å². The molecule has 0 atom stereocenters. The van der Waals surface area contributed by atoms with Crippen LogP contribution >= 0.6 is 11.6 Å². The van der Waals surface area contributed by atoms with Gasteiger partial charge in [-0.15, -0.1) is 0 Å². The van der Waals surface area contributed by atoms with Crippen molar-refractivity contribution in [3.63, 3.8) is 0 Å². The van der Waals surface area contributed by atoms with Gasteiger partial charge in [-0.25, -0.2) is 0 Å². The third kappa shape index (κ3) is 5.07. The highest BCUT2D eigenvalue weighted by Crippen LogP contribution is 2.19. The van der Waals surface area contributed by atoms with Crippen molar-refractivity contribution < 1.29 is 4.79 Å². The van der Waals surface area contributed by atoms with E-state index in [1.54, 1.807) is 0 Å². The Kier molecular flexibility index (Phi) is 6.76. The Bertz CT molecular complexity index is 376. The van der Waals surface area contributed by atoms with Gasteiger partial charge in [0.1, 0.15) is 0 Å². The lowest BCUT2D eigenvalue weighted by Gasteiger charge is -2.14. The zero-order chi connectivity index (χ0) is 13.4. The van der Waals surface area contributed by atoms with E-state index in [-0.39, 0.29) is 6.41 Å². The molecule has 1 fully saturated rings. The fraction of sp³-hybridized carbons (Fsp3) is 0.500. The van der Waals surface area contributed by atoms with Gasteiger partial charge in [0.25, 0.3) is 0 Å². The molecule has 18 heavy (non-hydrogen) atoms. The third-order valence-electron chi connectivity index (χ3n) is 3.10. The van der Waals surface area contributed by atoms with Crippen LogP contribution in [0.4, 0.5) is 0 Å². The largest absolute Gasteiger partial charge is 0.372 e. The summed E-state index contributed by atoms with van der Waals surface area (Å²) in [4.78, 5) is 11.1. The summed E-state index contributed by atoms with van der Waals surface area (Å²) in [5, 5.41) is 0.925. The molecule has 2 rings (SSSR count). The molecular weight excluding hydrogens is 248 g/mol. The maximum Gasteiger partial charge on any atom is 0.204 e. The number of hydrogen-bond donors (Lipinski definition) is 1. The number of carbonyl (C=O) groups excluding carboxylic acids is 1. The summed E-state index contributed by atoms with van der Waals surface area (Å²) in [7, 11) is 0. The van der Waals surface area contributed by atoms with Crippen molar-refractivity contribution in [2.24, 2.45) is 5.73 Å². The molecule has 0 saturated carbocycles. The van der Waals surface area contributed by atoms with Gasteiger partial charge in [0.2, 0.25) is 6.41 Å². The van der Waals surface area contributed by atoms with E-state index < -0.39 is 0 Å². The minimum absolute atomic E-state index is 0.250. The van der Waals surface area contributed by atoms with Crippen molar-refractivity contribution in [2.45, 2.75) is 26.2 Å². The predicted octanol–water partition coefficient (Wildman–Crippen LogP) is 2.39. The van der Waals surface area contributed by atoms with Crippen LogP contribution in [0.2, 0.25) is 5.02 Å². The fourth-order valence-electron chi connectivity index (χ4n) is 2.14. The monoisotopic (exact) mass is 268 g/mol. The number of nitrogens with zero attached hydrogens (tertiary/aromatic N) is 1. The first-order chi connectivity index (χ1) is 8.67. The van der Waals surface area contributed by atoms with Gasteiger partial charge in [0.15, 0.2) is 0 Å². The lowest BCUT2D eigenvalue weighted by molar-refractivity contribution is -0.106. The number of nitrogens with two attached hydrogens (primary N) is 1. The molecule has 1 aromatic rings. The van der Waals surface area contributed by atoms with Gasteiger partial charge >= 0.3 is 0 Å². The number of primary amides is 1. The lowest BCUT2D eigenvalue weighted by Crippen LogP contribution is -2.22. The Morgan fingerprint density at radius 3 is 2.56 bits per heavy atom. The lowest BCUT2D eigenvalue weighted by atomic mass is 10.1. The Balaban J connectivity index is 0.000000492. The van der Waals surface area contributed by atoms with E-state index in [4.69, 9.17) is 16.4 Å². The Labute approximate surface area is 114 Å². The summed E-state index contributed by atoms with van der Waals surface area (Å²) >= 11 is 6.20. The predicted molar refractivity (Wildman–Crippen MR) is 75.8 cm³/mol. The molecule has 4 heteroatoms. The Morgan fingerprint density at radius 1 is 1.39 bits per heavy atom. The summed E-state index contributed by atoms with van der Waals surface area (Å²) in [6.07, 6.45) is 4.06. The van der Waals surface area contributed by atoms with E-state index in [0.29, 0.717) is 0 Å². The Morgan fingerprint density at radius 2 is 2.00 bits per heavy atom. The number of carbonyl (C=O) groups is 1. The normalized spacial score (nSPS) is 15.0. The summed E-state index contributed by atoms with van der Waals surface area (Å²) in [6, 6.07) is 6.36. The van der Waals surface area contributed by atoms with Crippen molar-refractivity contribution in [3.05, 3.63) is 34.3 Å². The molecule has 3 nitrogen and oxygen atoms in total. The topological polar surface area (TPSA) is 46.3 Å². The second-order valence-corrected chi connectivity index (χ2v) is 4.94. The number of rotatable bonds is 3. The highest BCUT2D eigenvalue weighted by atomic mass is 35.5. The SMILES string of the molecule is Cc1ccc(CCN2CCCC2)c(Cl)c1.NC=O. The van der Waals surface area contributed by atoms with E-state index in [1.165, 1.54) is 37.1 Å². The third-order valence-corrected chi connectivity index (χ3v) is 3.46. The first-order valence-electron chi connectivity index (χ1n) is 6.30. The molecule has 1 amide bonds. The second-order valence-electron chi connectivity index (χ2n) is 4.53. The first kappa shape index (κ1) is 15.0. The maximum atomic E-state index is 8.58. The van der Waals surface area contributed by atoms with Gasteiger partial charge in [0, 0.05) is 11.6 Å². The van der Waals surface area contributed by atoms with Crippen LogP contribution in [0.1, 0.15) is 24.0 Å². The molecule has 2 N–H and O–H groups in total. The minimum Gasteiger partial charge on any atom is -0.372 e. The summed E-state index contributed by atoms with van der Waals surface area (Å²) < 4.78 is 0. The van der Waals surface area contributed by atoms with Gasteiger partial charge in [-0.1, -0.05) is 23.7 Å². The molecule has 1 aliphatic rings. The molecule has 0 aromatic heterocycles. The van der Waals surface area contributed by atoms with Crippen molar-refractivity contribution in [1.82, 2.24) is 4.90 Å². The summed E-state index contributed by atoms with van der Waals surface area (Å²) in [5.41, 5.74) is 6.69. The molecule has 0 unspecified atom stereocenters. The molecule has 0 bridgehead atoms. The van der Waals surface area contributed by atoms with Crippen molar-refractivity contribution in [2.75, 3.05) is 19.6 Å². The van der Waals surface area contributed by atoms with E-state index in [2.05, 4.69) is 35.8 Å². The first-order valence-corrected chi connectivity index (χ1v) is 6.68. The number of aryl methyl sites for hydroxylation is 1. The van der Waals surface area contributed by atoms with Gasteiger partial charge in [0.05, 0.1) is 0 Å². The fourth-order valence-corrected chi connectivity index (χ4v) is 2.47. The van der Waals surface area contributed by atoms with Gasteiger partial charge in [-0.3, -0.25) is 4.79 Å². The smallest absolute Gasteiger partial charge is 0.204 e. The number of amides is 1. The van der Waals surface area contributed by atoms with Crippen LogP contribution in [0.3, 0.4) is 0 Å². The van der Waals surface area contributed by atoms with Gasteiger partial charge < -0.3 is 10.6 Å². The average Bonchev–Trinajstić information content (AvgIpc) is 2.82. The van der Waals surface area contributed by atoms with Gasteiger partial charge in [-0.05, 0) is 56.5 Å². The van der Waals surface area contributed by atoms with Crippen LogP contribution in [-0.2, 0) is 11.2 Å². The van der Waals surface area contributed by atoms with Crippen molar-refractivity contribution in [3.8, 4) is 0 Å². The highest BCUT2D eigenvalue weighted by Gasteiger charge is 2.11. The molecule has 0 spiro atoms. The van der Waals surface area contributed by atoms with Crippen LogP contribution in [0.25, 0.3) is 0 Å². The second kappa shape index (κ2) is 8.11. The summed E-state index contributed by atoms with van der Waals surface area (Å²) in [6.45, 7) is 5.77. The van der Waals surface area contributed by atoms with E-state index >= 15 is 0 Å². The zero-order valence-corrected chi connectivity index (χ0v) is 11.6. The van der Waals surface area contributed by atoms with Gasteiger partial charge in [-0.2, -0.15) is 0 Å².